The predicted octanol–water partition coefficient (Wildman–Crippen LogP) is 0.894. The molecule has 1 fully saturated rings. The largest absolute Gasteiger partial charge is 0.445 e. The minimum atomic E-state index is -0.511. The minimum Gasteiger partial charge on any atom is -0.445 e. The molecule has 2 aromatic heterocycles. The Labute approximate surface area is 122 Å². The molecule has 2 aromatic rings. The Hall–Kier alpha value is -2.28. The van der Waals surface area contributed by atoms with E-state index in [9.17, 15) is 9.90 Å². The molecule has 1 saturated heterocycles. The maximum atomic E-state index is 12.0. The molecule has 7 nitrogen and oxygen atoms in total. The highest BCUT2D eigenvalue weighted by Gasteiger charge is 2.35. The molecule has 0 saturated carbocycles. The Bertz CT molecular complexity index is 647. The van der Waals surface area contributed by atoms with E-state index in [4.69, 9.17) is 4.74 Å². The van der Waals surface area contributed by atoms with E-state index in [-0.39, 0.29) is 12.6 Å². The first kappa shape index (κ1) is 13.7. The molecule has 112 valence electrons. The van der Waals surface area contributed by atoms with Gasteiger partial charge in [-0.25, -0.2) is 9.31 Å². The molecule has 1 N–H and O–H groups in total. The molecular formula is C14H18N4O3. The number of aromatic nitrogens is 3. The summed E-state index contributed by atoms with van der Waals surface area (Å²) in [7, 11) is 0. The summed E-state index contributed by atoms with van der Waals surface area (Å²) in [4.78, 5) is 13.6. The lowest BCUT2D eigenvalue weighted by molar-refractivity contribution is 0.100. The number of hydrogen-bond acceptors (Lipinski definition) is 4. The zero-order chi connectivity index (χ0) is 14.8. The number of likely N-dealkylation sites (tertiary alicyclic amines) is 1. The summed E-state index contributed by atoms with van der Waals surface area (Å²) < 4.78 is 8.86. The second-order valence-electron chi connectivity index (χ2n) is 5.15. The molecule has 3 heterocycles. The van der Waals surface area contributed by atoms with Crippen molar-refractivity contribution < 1.29 is 14.6 Å². The smallest absolute Gasteiger partial charge is 0.410 e. The minimum absolute atomic E-state index is 0.0941. The van der Waals surface area contributed by atoms with Crippen LogP contribution in [0.4, 0.5) is 4.79 Å². The van der Waals surface area contributed by atoms with E-state index in [0.717, 1.165) is 5.65 Å². The van der Waals surface area contributed by atoms with E-state index >= 15 is 0 Å². The van der Waals surface area contributed by atoms with Gasteiger partial charge in [0.25, 0.3) is 0 Å². The van der Waals surface area contributed by atoms with Crippen LogP contribution in [0.2, 0.25) is 0 Å². The Balaban J connectivity index is 1.74. The number of carbonyl (C=O) groups excluding carboxylic acids is 1. The molecular weight excluding hydrogens is 272 g/mol. The fraction of sp³-hybridized carbons (Fsp3) is 0.429. The summed E-state index contributed by atoms with van der Waals surface area (Å²) in [6, 6.07) is 1.81. The van der Waals surface area contributed by atoms with Crippen molar-refractivity contribution in [3.63, 3.8) is 0 Å². The first-order chi connectivity index (χ1) is 10.2. The molecule has 2 atom stereocenters. The third-order valence-electron chi connectivity index (χ3n) is 3.69. The van der Waals surface area contributed by atoms with Crippen LogP contribution in [0.25, 0.3) is 5.65 Å². The SMILES string of the molecule is C=CCOC(=O)N1C[C@H](O)C[C@H]1Cn1ccn2nccc12. The monoisotopic (exact) mass is 290 g/mol. The van der Waals surface area contributed by atoms with Gasteiger partial charge in [-0.15, -0.1) is 0 Å². The standard InChI is InChI=1S/C14H18N4O3/c1-2-7-21-14(20)17-10-12(19)8-11(17)9-16-5-6-18-13(16)3-4-15-18/h2-6,11-12,19H,1,7-10H2/t11-,12+/m0/s1. The lowest BCUT2D eigenvalue weighted by atomic mass is 10.2. The van der Waals surface area contributed by atoms with Crippen molar-refractivity contribution >= 4 is 11.7 Å². The normalized spacial score (nSPS) is 21.9. The van der Waals surface area contributed by atoms with Crippen LogP contribution >= 0.6 is 0 Å². The summed E-state index contributed by atoms with van der Waals surface area (Å²) in [5, 5.41) is 14.0. The number of amides is 1. The molecule has 0 radical (unpaired) electrons. The number of β-amino-alcohol motifs (C(OH)–C–C–N with tert-alkyl or cyclic N) is 1. The summed E-state index contributed by atoms with van der Waals surface area (Å²) in [6.07, 6.45) is 6.66. The van der Waals surface area contributed by atoms with Crippen LogP contribution in [-0.2, 0) is 11.3 Å². The third kappa shape index (κ3) is 2.64. The van der Waals surface area contributed by atoms with Crippen LogP contribution < -0.4 is 0 Å². The average molecular weight is 290 g/mol. The van der Waals surface area contributed by atoms with Gasteiger partial charge in [-0.2, -0.15) is 5.10 Å². The highest BCUT2D eigenvalue weighted by Crippen LogP contribution is 2.21. The number of imidazole rings is 1. The topological polar surface area (TPSA) is 72.0 Å². The second kappa shape index (κ2) is 5.61. The molecule has 1 amide bonds. The van der Waals surface area contributed by atoms with Gasteiger partial charge in [-0.05, 0) is 6.42 Å². The number of carbonyl (C=O) groups is 1. The number of rotatable bonds is 4. The average Bonchev–Trinajstić information content (AvgIpc) is 3.14. The Morgan fingerprint density at radius 1 is 1.57 bits per heavy atom. The van der Waals surface area contributed by atoms with Crippen LogP contribution in [0.5, 0.6) is 0 Å². The molecule has 0 unspecified atom stereocenters. The molecule has 1 aliphatic heterocycles. The van der Waals surface area contributed by atoms with Gasteiger partial charge < -0.3 is 19.3 Å². The molecule has 0 aromatic carbocycles. The van der Waals surface area contributed by atoms with Crippen molar-refractivity contribution in [1.82, 2.24) is 19.1 Å². The van der Waals surface area contributed by atoms with E-state index in [0.29, 0.717) is 19.5 Å². The van der Waals surface area contributed by atoms with Gasteiger partial charge in [-0.1, -0.05) is 12.7 Å². The second-order valence-corrected chi connectivity index (χ2v) is 5.15. The lowest BCUT2D eigenvalue weighted by Gasteiger charge is -2.23. The first-order valence-electron chi connectivity index (χ1n) is 6.90. The Morgan fingerprint density at radius 2 is 2.43 bits per heavy atom. The van der Waals surface area contributed by atoms with E-state index in [2.05, 4.69) is 11.7 Å². The van der Waals surface area contributed by atoms with E-state index in [1.54, 1.807) is 15.6 Å². The number of ether oxygens (including phenoxy) is 1. The van der Waals surface area contributed by atoms with Crippen molar-refractivity contribution in [3.8, 4) is 0 Å². The van der Waals surface area contributed by atoms with Crippen LogP contribution in [0, 0.1) is 0 Å². The highest BCUT2D eigenvalue weighted by atomic mass is 16.6. The predicted molar refractivity (Wildman–Crippen MR) is 75.8 cm³/mol. The summed E-state index contributed by atoms with van der Waals surface area (Å²) >= 11 is 0. The van der Waals surface area contributed by atoms with Crippen LogP contribution in [0.3, 0.4) is 0 Å². The summed E-state index contributed by atoms with van der Waals surface area (Å²) in [5.74, 6) is 0. The molecule has 0 bridgehead atoms. The number of aliphatic hydroxyl groups is 1. The van der Waals surface area contributed by atoms with Gasteiger partial charge in [0.1, 0.15) is 12.3 Å². The number of nitrogens with zero attached hydrogens (tertiary/aromatic N) is 4. The van der Waals surface area contributed by atoms with Gasteiger partial charge >= 0.3 is 6.09 Å². The van der Waals surface area contributed by atoms with E-state index < -0.39 is 12.2 Å². The van der Waals surface area contributed by atoms with Crippen LogP contribution in [0.1, 0.15) is 6.42 Å². The van der Waals surface area contributed by atoms with Gasteiger partial charge in [0, 0.05) is 25.0 Å². The molecule has 21 heavy (non-hydrogen) atoms. The van der Waals surface area contributed by atoms with Crippen molar-refractivity contribution in [2.24, 2.45) is 0 Å². The molecule has 0 aliphatic carbocycles. The van der Waals surface area contributed by atoms with Crippen molar-refractivity contribution in [1.29, 1.82) is 0 Å². The maximum absolute atomic E-state index is 12.0. The number of aliphatic hydroxyl groups excluding tert-OH is 1. The highest BCUT2D eigenvalue weighted by molar-refractivity contribution is 5.68. The molecule has 1 aliphatic rings. The summed E-state index contributed by atoms with van der Waals surface area (Å²) in [5.41, 5.74) is 0.954. The van der Waals surface area contributed by atoms with Crippen molar-refractivity contribution in [2.45, 2.75) is 25.1 Å². The lowest BCUT2D eigenvalue weighted by Crippen LogP contribution is -2.38. The quantitative estimate of drug-likeness (QED) is 0.849. The van der Waals surface area contributed by atoms with Gasteiger partial charge in [-0.3, -0.25) is 0 Å². The third-order valence-corrected chi connectivity index (χ3v) is 3.69. The number of hydrogen-bond donors (Lipinski definition) is 1. The Kier molecular flexibility index (Phi) is 3.66. The van der Waals surface area contributed by atoms with Gasteiger partial charge in [0.15, 0.2) is 0 Å². The molecule has 3 rings (SSSR count). The Morgan fingerprint density at radius 3 is 3.24 bits per heavy atom. The zero-order valence-electron chi connectivity index (χ0n) is 11.6. The summed E-state index contributed by atoms with van der Waals surface area (Å²) in [6.45, 7) is 4.60. The molecule has 7 heteroatoms. The van der Waals surface area contributed by atoms with Crippen LogP contribution in [-0.4, -0.2) is 55.6 Å². The number of fused-ring (bicyclic) bond motifs is 1. The van der Waals surface area contributed by atoms with E-state index in [1.165, 1.54) is 6.08 Å². The van der Waals surface area contributed by atoms with Gasteiger partial charge in [0.2, 0.25) is 0 Å². The van der Waals surface area contributed by atoms with Gasteiger partial charge in [0.05, 0.1) is 24.9 Å². The van der Waals surface area contributed by atoms with Crippen molar-refractivity contribution in [2.75, 3.05) is 13.2 Å². The van der Waals surface area contributed by atoms with Crippen molar-refractivity contribution in [3.05, 3.63) is 37.3 Å². The van der Waals surface area contributed by atoms with Crippen LogP contribution in [0.15, 0.2) is 37.3 Å². The first-order valence-corrected chi connectivity index (χ1v) is 6.90. The maximum Gasteiger partial charge on any atom is 0.410 e. The fourth-order valence-electron chi connectivity index (χ4n) is 2.75. The van der Waals surface area contributed by atoms with E-state index in [1.807, 2.05) is 23.0 Å². The molecule has 0 spiro atoms. The zero-order valence-corrected chi connectivity index (χ0v) is 11.6. The fourth-order valence-corrected chi connectivity index (χ4v) is 2.75.